The molecule has 1 N–H and O–H groups in total. The van der Waals surface area contributed by atoms with Crippen LogP contribution in [0.25, 0.3) is 0 Å². The molecule has 0 saturated carbocycles. The number of hydrogen-bond donors (Lipinski definition) is 1. The van der Waals surface area contributed by atoms with Gasteiger partial charge in [-0.2, -0.15) is 0 Å². The summed E-state index contributed by atoms with van der Waals surface area (Å²) in [6.07, 6.45) is 1.95. The third kappa shape index (κ3) is 2.29. The SMILES string of the molecule is CNC(=O)OCc1ccc2c(c1)C(=O)C=CC2=O. The second-order valence-electron chi connectivity index (χ2n) is 3.77. The van der Waals surface area contributed by atoms with Crippen molar-refractivity contribution < 1.29 is 19.1 Å². The van der Waals surface area contributed by atoms with E-state index in [0.717, 1.165) is 0 Å². The summed E-state index contributed by atoms with van der Waals surface area (Å²) in [6, 6.07) is 4.80. The monoisotopic (exact) mass is 245 g/mol. The van der Waals surface area contributed by atoms with Crippen LogP contribution in [0.3, 0.4) is 0 Å². The molecule has 5 nitrogen and oxygen atoms in total. The minimum atomic E-state index is -0.546. The van der Waals surface area contributed by atoms with Crippen LogP contribution >= 0.6 is 0 Å². The summed E-state index contributed by atoms with van der Waals surface area (Å²) in [5.74, 6) is -0.408. The average Bonchev–Trinajstić information content (AvgIpc) is 2.40. The summed E-state index contributed by atoms with van der Waals surface area (Å²) < 4.78 is 4.87. The van der Waals surface area contributed by atoms with E-state index in [-0.39, 0.29) is 18.2 Å². The highest BCUT2D eigenvalue weighted by atomic mass is 16.5. The van der Waals surface area contributed by atoms with E-state index in [0.29, 0.717) is 16.7 Å². The van der Waals surface area contributed by atoms with Gasteiger partial charge in [-0.3, -0.25) is 9.59 Å². The highest BCUT2D eigenvalue weighted by Crippen LogP contribution is 2.19. The number of carbonyl (C=O) groups excluding carboxylic acids is 3. The number of fused-ring (bicyclic) bond motifs is 1. The first-order valence-electron chi connectivity index (χ1n) is 5.36. The lowest BCUT2D eigenvalue weighted by Gasteiger charge is -2.11. The van der Waals surface area contributed by atoms with Crippen LogP contribution in [0, 0.1) is 0 Å². The highest BCUT2D eigenvalue weighted by Gasteiger charge is 2.19. The van der Waals surface area contributed by atoms with Crippen molar-refractivity contribution in [2.75, 3.05) is 7.05 Å². The Morgan fingerprint density at radius 1 is 1.17 bits per heavy atom. The first-order valence-corrected chi connectivity index (χ1v) is 5.36. The quantitative estimate of drug-likeness (QED) is 0.856. The molecule has 1 aliphatic rings. The Labute approximate surface area is 103 Å². The van der Waals surface area contributed by atoms with Crippen LogP contribution in [-0.4, -0.2) is 24.7 Å². The van der Waals surface area contributed by atoms with Crippen molar-refractivity contribution in [2.24, 2.45) is 0 Å². The van der Waals surface area contributed by atoms with Gasteiger partial charge in [0.25, 0.3) is 0 Å². The molecule has 2 rings (SSSR count). The summed E-state index contributed by atoms with van der Waals surface area (Å²) >= 11 is 0. The van der Waals surface area contributed by atoms with Crippen molar-refractivity contribution >= 4 is 17.7 Å². The van der Waals surface area contributed by atoms with E-state index in [4.69, 9.17) is 4.74 Å². The Kier molecular flexibility index (Phi) is 3.23. The Balaban J connectivity index is 2.23. The zero-order chi connectivity index (χ0) is 13.1. The molecule has 0 aliphatic heterocycles. The number of alkyl carbamates (subject to hydrolysis) is 1. The number of rotatable bonds is 2. The van der Waals surface area contributed by atoms with E-state index in [1.807, 2.05) is 0 Å². The molecule has 0 radical (unpaired) electrons. The lowest BCUT2D eigenvalue weighted by molar-refractivity contribution is 0.0993. The van der Waals surface area contributed by atoms with E-state index < -0.39 is 6.09 Å². The van der Waals surface area contributed by atoms with Crippen molar-refractivity contribution in [3.63, 3.8) is 0 Å². The lowest BCUT2D eigenvalue weighted by Crippen LogP contribution is -2.19. The third-order valence-corrected chi connectivity index (χ3v) is 2.58. The molecule has 92 valence electrons. The van der Waals surface area contributed by atoms with Gasteiger partial charge in [-0.1, -0.05) is 6.07 Å². The van der Waals surface area contributed by atoms with Crippen LogP contribution in [0.15, 0.2) is 30.4 Å². The summed E-state index contributed by atoms with van der Waals surface area (Å²) in [6.45, 7) is 0.0537. The van der Waals surface area contributed by atoms with Crippen molar-refractivity contribution in [1.82, 2.24) is 5.32 Å². The first-order chi connectivity index (χ1) is 8.61. The Bertz CT molecular complexity index is 560. The molecule has 1 aromatic rings. The number of amides is 1. The van der Waals surface area contributed by atoms with Crippen LogP contribution in [-0.2, 0) is 11.3 Å². The van der Waals surface area contributed by atoms with Crippen LogP contribution in [0.5, 0.6) is 0 Å². The zero-order valence-corrected chi connectivity index (χ0v) is 9.73. The minimum Gasteiger partial charge on any atom is -0.445 e. The molecule has 0 spiro atoms. The fraction of sp³-hybridized carbons (Fsp3) is 0.154. The topological polar surface area (TPSA) is 72.5 Å². The van der Waals surface area contributed by atoms with Crippen molar-refractivity contribution in [3.05, 3.63) is 47.0 Å². The second-order valence-corrected chi connectivity index (χ2v) is 3.77. The van der Waals surface area contributed by atoms with E-state index in [2.05, 4.69) is 5.32 Å². The van der Waals surface area contributed by atoms with Crippen molar-refractivity contribution in [2.45, 2.75) is 6.61 Å². The molecule has 18 heavy (non-hydrogen) atoms. The van der Waals surface area contributed by atoms with Gasteiger partial charge < -0.3 is 10.1 Å². The molecule has 0 saturated heterocycles. The molecule has 1 aliphatic carbocycles. The second kappa shape index (κ2) is 4.83. The number of benzene rings is 1. The largest absolute Gasteiger partial charge is 0.445 e. The number of hydrogen-bond acceptors (Lipinski definition) is 4. The average molecular weight is 245 g/mol. The molecular formula is C13H11NO4. The smallest absolute Gasteiger partial charge is 0.407 e. The normalized spacial score (nSPS) is 13.2. The third-order valence-electron chi connectivity index (χ3n) is 2.58. The molecule has 0 aromatic heterocycles. The summed E-state index contributed by atoms with van der Waals surface area (Å²) in [5, 5.41) is 2.32. The highest BCUT2D eigenvalue weighted by molar-refractivity contribution is 6.22. The Hall–Kier alpha value is -2.43. The number of allylic oxidation sites excluding steroid dienone is 2. The van der Waals surface area contributed by atoms with Crippen LogP contribution < -0.4 is 5.32 Å². The summed E-state index contributed by atoms with van der Waals surface area (Å²) in [7, 11) is 1.46. The van der Waals surface area contributed by atoms with Crippen LogP contribution in [0.1, 0.15) is 26.3 Å². The van der Waals surface area contributed by atoms with Gasteiger partial charge in [-0.15, -0.1) is 0 Å². The lowest BCUT2D eigenvalue weighted by atomic mass is 9.93. The number of carbonyl (C=O) groups is 3. The van der Waals surface area contributed by atoms with Crippen molar-refractivity contribution in [3.8, 4) is 0 Å². The molecule has 0 fully saturated rings. The number of nitrogens with one attached hydrogen (secondary N) is 1. The fourth-order valence-corrected chi connectivity index (χ4v) is 1.65. The van der Waals surface area contributed by atoms with Gasteiger partial charge in [-0.05, 0) is 29.8 Å². The van der Waals surface area contributed by atoms with Crippen molar-refractivity contribution in [1.29, 1.82) is 0 Å². The zero-order valence-electron chi connectivity index (χ0n) is 9.73. The number of ether oxygens (including phenoxy) is 1. The van der Waals surface area contributed by atoms with Gasteiger partial charge in [0.15, 0.2) is 11.6 Å². The molecular weight excluding hydrogens is 234 g/mol. The summed E-state index contributed by atoms with van der Waals surface area (Å²) in [5.41, 5.74) is 1.39. The van der Waals surface area contributed by atoms with E-state index in [9.17, 15) is 14.4 Å². The van der Waals surface area contributed by atoms with Crippen LogP contribution in [0.4, 0.5) is 4.79 Å². The first kappa shape index (κ1) is 12.0. The molecule has 5 heteroatoms. The summed E-state index contributed by atoms with van der Waals surface area (Å²) in [4.78, 5) is 34.1. The standard InChI is InChI=1S/C13H11NO4/c1-14-13(17)18-7-8-2-3-9-10(6-8)12(16)5-4-11(9)15/h2-6H,7H2,1H3,(H,14,17). The maximum atomic E-state index is 11.6. The maximum Gasteiger partial charge on any atom is 0.407 e. The van der Waals surface area contributed by atoms with Gasteiger partial charge in [0.2, 0.25) is 0 Å². The van der Waals surface area contributed by atoms with Gasteiger partial charge in [-0.25, -0.2) is 4.79 Å². The molecule has 1 aromatic carbocycles. The van der Waals surface area contributed by atoms with Gasteiger partial charge in [0.1, 0.15) is 6.61 Å². The molecule has 0 bridgehead atoms. The van der Waals surface area contributed by atoms with E-state index in [1.54, 1.807) is 18.2 Å². The van der Waals surface area contributed by atoms with Gasteiger partial charge in [0.05, 0.1) is 0 Å². The number of ketones is 2. The molecule has 0 atom stereocenters. The Morgan fingerprint density at radius 2 is 1.83 bits per heavy atom. The minimum absolute atomic E-state index is 0.0537. The van der Waals surface area contributed by atoms with E-state index in [1.165, 1.54) is 19.2 Å². The predicted molar refractivity (Wildman–Crippen MR) is 63.5 cm³/mol. The van der Waals surface area contributed by atoms with E-state index >= 15 is 0 Å². The molecule has 0 heterocycles. The van der Waals surface area contributed by atoms with Gasteiger partial charge >= 0.3 is 6.09 Å². The molecule has 0 unspecified atom stereocenters. The Morgan fingerprint density at radius 3 is 2.50 bits per heavy atom. The predicted octanol–water partition coefficient (Wildman–Crippen LogP) is 1.48. The fourth-order valence-electron chi connectivity index (χ4n) is 1.65. The maximum absolute atomic E-state index is 11.6. The molecule has 1 amide bonds. The van der Waals surface area contributed by atoms with Crippen LogP contribution in [0.2, 0.25) is 0 Å². The van der Waals surface area contributed by atoms with Gasteiger partial charge in [0, 0.05) is 18.2 Å².